The first-order chi connectivity index (χ1) is 12.5. The average molecular weight is 374 g/mol. The number of hydrogen-bond acceptors (Lipinski definition) is 5. The van der Waals surface area contributed by atoms with Crippen molar-refractivity contribution in [2.75, 3.05) is 18.4 Å². The molecule has 1 aromatic carbocycles. The minimum atomic E-state index is -3.61. The molecule has 0 saturated carbocycles. The molecule has 1 heterocycles. The Kier molecular flexibility index (Phi) is 5.53. The van der Waals surface area contributed by atoms with Crippen LogP contribution in [0, 0.1) is 0 Å². The van der Waals surface area contributed by atoms with Gasteiger partial charge in [-0.3, -0.25) is 4.79 Å². The van der Waals surface area contributed by atoms with E-state index in [4.69, 9.17) is 0 Å². The first-order valence-corrected chi connectivity index (χ1v) is 9.98. The molecule has 0 bridgehead atoms. The summed E-state index contributed by atoms with van der Waals surface area (Å²) < 4.78 is 27.6. The number of amides is 1. The van der Waals surface area contributed by atoms with Crippen LogP contribution in [0.5, 0.6) is 0 Å². The monoisotopic (exact) mass is 374 g/mol. The third-order valence-corrected chi connectivity index (χ3v) is 5.73. The summed E-state index contributed by atoms with van der Waals surface area (Å²) in [7, 11) is -3.61. The molecule has 1 amide bonds. The third kappa shape index (κ3) is 4.39. The lowest BCUT2D eigenvalue weighted by molar-refractivity contribution is -0.119. The van der Waals surface area contributed by atoms with Gasteiger partial charge in [-0.1, -0.05) is 12.1 Å². The molecule has 0 saturated heterocycles. The summed E-state index contributed by atoms with van der Waals surface area (Å²) in [5.74, 6) is 0.581. The third-order valence-electron chi connectivity index (χ3n) is 4.27. The minimum absolute atomic E-state index is 0.116. The Hall–Kier alpha value is -2.45. The van der Waals surface area contributed by atoms with Gasteiger partial charge in [0.05, 0.1) is 10.9 Å². The van der Waals surface area contributed by atoms with Crippen molar-refractivity contribution in [3.63, 3.8) is 0 Å². The van der Waals surface area contributed by atoms with E-state index in [-0.39, 0.29) is 23.4 Å². The van der Waals surface area contributed by atoms with Gasteiger partial charge < -0.3 is 10.6 Å². The number of carbonyl (C=O) groups is 1. The van der Waals surface area contributed by atoms with Gasteiger partial charge in [0.15, 0.2) is 0 Å². The van der Waals surface area contributed by atoms with Gasteiger partial charge in [-0.15, -0.1) is 0 Å². The molecule has 8 heteroatoms. The average Bonchev–Trinajstić information content (AvgIpc) is 3.01. The molecule has 0 aliphatic heterocycles. The van der Waals surface area contributed by atoms with E-state index >= 15 is 0 Å². The van der Waals surface area contributed by atoms with Crippen molar-refractivity contribution in [3.05, 3.63) is 53.7 Å². The Morgan fingerprint density at radius 1 is 1.23 bits per heavy atom. The molecule has 0 radical (unpaired) electrons. The molecule has 1 atom stereocenters. The molecule has 0 unspecified atom stereocenters. The number of fused-ring (bicyclic) bond motifs is 1. The van der Waals surface area contributed by atoms with Crippen LogP contribution >= 0.6 is 0 Å². The van der Waals surface area contributed by atoms with Crippen molar-refractivity contribution in [1.29, 1.82) is 0 Å². The van der Waals surface area contributed by atoms with E-state index in [0.717, 1.165) is 24.0 Å². The highest BCUT2D eigenvalue weighted by atomic mass is 32.2. The number of carbonyl (C=O) groups excluding carboxylic acids is 1. The summed E-state index contributed by atoms with van der Waals surface area (Å²) in [4.78, 5) is 15.7. The molecular weight excluding hydrogens is 352 g/mol. The number of aryl methyl sites for hydroxylation is 1. The topological polar surface area (TPSA) is 100 Å². The first kappa shape index (κ1) is 18.3. The Labute approximate surface area is 153 Å². The number of benzene rings is 1. The van der Waals surface area contributed by atoms with Crippen molar-refractivity contribution < 1.29 is 13.2 Å². The van der Waals surface area contributed by atoms with Gasteiger partial charge in [0.2, 0.25) is 15.9 Å². The van der Waals surface area contributed by atoms with Gasteiger partial charge in [-0.2, -0.15) is 0 Å². The fourth-order valence-electron chi connectivity index (χ4n) is 3.07. The van der Waals surface area contributed by atoms with Gasteiger partial charge in [0, 0.05) is 26.2 Å². The van der Waals surface area contributed by atoms with Crippen LogP contribution in [-0.2, 0) is 21.2 Å². The zero-order valence-corrected chi connectivity index (χ0v) is 15.3. The lowest BCUT2D eigenvalue weighted by Crippen LogP contribution is -2.29. The second-order valence-corrected chi connectivity index (χ2v) is 7.96. The number of sulfonamides is 1. The minimum Gasteiger partial charge on any atom is -0.369 e. The summed E-state index contributed by atoms with van der Waals surface area (Å²) in [5.41, 5.74) is 1.97. The van der Waals surface area contributed by atoms with Crippen LogP contribution in [0.1, 0.15) is 30.5 Å². The zero-order chi connectivity index (χ0) is 18.6. The number of aromatic nitrogens is 1. The van der Waals surface area contributed by atoms with Gasteiger partial charge in [0.1, 0.15) is 5.82 Å². The van der Waals surface area contributed by atoms with E-state index in [1.165, 1.54) is 6.92 Å². The van der Waals surface area contributed by atoms with E-state index in [9.17, 15) is 13.2 Å². The largest absolute Gasteiger partial charge is 0.369 e. The van der Waals surface area contributed by atoms with Crippen LogP contribution in [0.4, 0.5) is 5.82 Å². The number of pyridine rings is 1. The number of nitrogens with zero attached hydrogens (tertiary/aromatic N) is 1. The van der Waals surface area contributed by atoms with E-state index in [0.29, 0.717) is 12.4 Å². The molecule has 26 heavy (non-hydrogen) atoms. The molecule has 1 aromatic heterocycles. The lowest BCUT2D eigenvalue weighted by atomic mass is 10.1. The van der Waals surface area contributed by atoms with Crippen LogP contribution in [0.2, 0.25) is 0 Å². The molecule has 0 fully saturated rings. The van der Waals surface area contributed by atoms with Crippen LogP contribution in [0.15, 0.2) is 47.5 Å². The van der Waals surface area contributed by atoms with Crippen molar-refractivity contribution in [3.8, 4) is 0 Å². The zero-order valence-electron chi connectivity index (χ0n) is 14.5. The summed E-state index contributed by atoms with van der Waals surface area (Å²) in [5, 5.41) is 5.93. The molecule has 7 nitrogen and oxygen atoms in total. The number of nitrogens with one attached hydrogen (secondary N) is 3. The summed E-state index contributed by atoms with van der Waals surface area (Å²) in [6.45, 7) is 2.13. The van der Waals surface area contributed by atoms with E-state index < -0.39 is 10.0 Å². The normalized spacial score (nSPS) is 16.1. The SMILES string of the molecule is CC(=O)N[C@H]1CCc2ccc(S(=O)(=O)NCCNc3ccccn3)cc21. The maximum Gasteiger partial charge on any atom is 0.240 e. The molecule has 0 spiro atoms. The van der Waals surface area contributed by atoms with Crippen molar-refractivity contribution in [2.45, 2.75) is 30.7 Å². The van der Waals surface area contributed by atoms with E-state index in [1.807, 2.05) is 24.3 Å². The highest BCUT2D eigenvalue weighted by molar-refractivity contribution is 7.89. The van der Waals surface area contributed by atoms with Crippen molar-refractivity contribution in [2.24, 2.45) is 0 Å². The van der Waals surface area contributed by atoms with Gasteiger partial charge in [-0.25, -0.2) is 18.1 Å². The Bertz CT molecular complexity index is 885. The Balaban J connectivity index is 1.63. The number of anilines is 1. The maximum atomic E-state index is 12.5. The molecular formula is C18H22N4O3S. The predicted molar refractivity (Wildman–Crippen MR) is 99.2 cm³/mol. The van der Waals surface area contributed by atoms with Gasteiger partial charge >= 0.3 is 0 Å². The quantitative estimate of drug-likeness (QED) is 0.639. The highest BCUT2D eigenvalue weighted by Gasteiger charge is 2.25. The van der Waals surface area contributed by atoms with Gasteiger partial charge in [0.25, 0.3) is 0 Å². The molecule has 1 aliphatic rings. The smallest absolute Gasteiger partial charge is 0.240 e. The molecule has 138 valence electrons. The number of hydrogen-bond donors (Lipinski definition) is 3. The lowest BCUT2D eigenvalue weighted by Gasteiger charge is -2.14. The molecule has 2 aromatic rings. The Morgan fingerprint density at radius 3 is 2.81 bits per heavy atom. The molecule has 1 aliphatic carbocycles. The second-order valence-electron chi connectivity index (χ2n) is 6.19. The van der Waals surface area contributed by atoms with Gasteiger partial charge in [-0.05, 0) is 48.2 Å². The van der Waals surface area contributed by atoms with Crippen LogP contribution < -0.4 is 15.4 Å². The predicted octanol–water partition coefficient (Wildman–Crippen LogP) is 1.60. The van der Waals surface area contributed by atoms with E-state index in [2.05, 4.69) is 20.3 Å². The highest BCUT2D eigenvalue weighted by Crippen LogP contribution is 2.32. The van der Waals surface area contributed by atoms with Crippen LogP contribution in [0.3, 0.4) is 0 Å². The summed E-state index contributed by atoms with van der Waals surface area (Å²) in [6, 6.07) is 10.5. The second kappa shape index (κ2) is 7.84. The molecule has 3 rings (SSSR count). The van der Waals surface area contributed by atoms with Crippen LogP contribution in [-0.4, -0.2) is 32.4 Å². The molecule has 3 N–H and O–H groups in total. The fraction of sp³-hybridized carbons (Fsp3) is 0.333. The summed E-state index contributed by atoms with van der Waals surface area (Å²) in [6.07, 6.45) is 3.30. The Morgan fingerprint density at radius 2 is 2.08 bits per heavy atom. The van der Waals surface area contributed by atoms with Crippen molar-refractivity contribution >= 4 is 21.7 Å². The van der Waals surface area contributed by atoms with Crippen LogP contribution in [0.25, 0.3) is 0 Å². The maximum absolute atomic E-state index is 12.5. The van der Waals surface area contributed by atoms with E-state index in [1.54, 1.807) is 18.3 Å². The summed E-state index contributed by atoms with van der Waals surface area (Å²) >= 11 is 0. The van der Waals surface area contributed by atoms with Crippen molar-refractivity contribution in [1.82, 2.24) is 15.0 Å². The fourth-order valence-corrected chi connectivity index (χ4v) is 4.14. The first-order valence-electron chi connectivity index (χ1n) is 8.50. The standard InChI is InChI=1S/C18H22N4O3S/c1-13(23)22-17-8-6-14-5-7-15(12-16(14)17)26(24,25)21-11-10-20-18-4-2-3-9-19-18/h2-5,7,9,12,17,21H,6,8,10-11H2,1H3,(H,19,20)(H,22,23)/t17-/m0/s1. The number of rotatable bonds is 7.